The van der Waals surface area contributed by atoms with Crippen molar-refractivity contribution >= 4 is 11.6 Å². The van der Waals surface area contributed by atoms with E-state index in [0.717, 1.165) is 18.5 Å². The van der Waals surface area contributed by atoms with Gasteiger partial charge in [0.1, 0.15) is 0 Å². The standard InChI is InChI=1S/C16H23F3N2O/c1-5-14(11(2)10-21(3)4)12-7-6-8-13(9-12)20-15(22)16(17,18)19/h6-9,11,14H,5,10H2,1-4H3,(H,20,22)/t11-,14?/m1/s1. The van der Waals surface area contributed by atoms with Crippen LogP contribution in [-0.4, -0.2) is 37.6 Å². The third kappa shape index (κ3) is 5.33. The molecule has 1 rings (SSSR count). The van der Waals surface area contributed by atoms with Crippen LogP contribution in [0.3, 0.4) is 0 Å². The maximum Gasteiger partial charge on any atom is 0.471 e. The van der Waals surface area contributed by atoms with Crippen LogP contribution in [0, 0.1) is 5.92 Å². The Bertz CT molecular complexity index is 500. The lowest BCUT2D eigenvalue weighted by atomic mass is 9.84. The maximum absolute atomic E-state index is 12.3. The second-order valence-electron chi connectivity index (χ2n) is 5.83. The lowest BCUT2D eigenvalue weighted by Gasteiger charge is -2.26. The SMILES string of the molecule is CCC(c1cccc(NC(=O)C(F)(F)F)c1)[C@H](C)CN(C)C. The van der Waals surface area contributed by atoms with E-state index in [2.05, 4.69) is 18.7 Å². The summed E-state index contributed by atoms with van der Waals surface area (Å²) in [4.78, 5) is 13.1. The van der Waals surface area contributed by atoms with Crippen LogP contribution in [0.2, 0.25) is 0 Å². The lowest BCUT2D eigenvalue weighted by Crippen LogP contribution is -2.30. The fourth-order valence-corrected chi connectivity index (χ4v) is 2.72. The zero-order valence-corrected chi connectivity index (χ0v) is 13.4. The average molecular weight is 316 g/mol. The largest absolute Gasteiger partial charge is 0.471 e. The minimum absolute atomic E-state index is 0.176. The van der Waals surface area contributed by atoms with Crippen molar-refractivity contribution in [1.29, 1.82) is 0 Å². The van der Waals surface area contributed by atoms with Crippen molar-refractivity contribution in [3.63, 3.8) is 0 Å². The summed E-state index contributed by atoms with van der Waals surface area (Å²) < 4.78 is 36.9. The predicted molar refractivity (Wildman–Crippen MR) is 81.9 cm³/mol. The molecule has 1 aromatic rings. The van der Waals surface area contributed by atoms with E-state index in [1.165, 1.54) is 6.07 Å². The van der Waals surface area contributed by atoms with Gasteiger partial charge in [0.25, 0.3) is 0 Å². The first-order chi connectivity index (χ1) is 10.1. The molecule has 0 aromatic heterocycles. The van der Waals surface area contributed by atoms with Crippen LogP contribution in [-0.2, 0) is 4.79 Å². The number of benzene rings is 1. The molecule has 0 aliphatic carbocycles. The molecule has 0 saturated carbocycles. The second-order valence-corrected chi connectivity index (χ2v) is 5.83. The first-order valence-electron chi connectivity index (χ1n) is 7.28. The van der Waals surface area contributed by atoms with Crippen molar-refractivity contribution in [1.82, 2.24) is 4.90 Å². The molecule has 2 atom stereocenters. The fraction of sp³-hybridized carbons (Fsp3) is 0.562. The number of hydrogen-bond acceptors (Lipinski definition) is 2. The Morgan fingerprint density at radius 3 is 2.45 bits per heavy atom. The molecule has 0 bridgehead atoms. The molecule has 124 valence electrons. The highest BCUT2D eigenvalue weighted by Gasteiger charge is 2.38. The van der Waals surface area contributed by atoms with Gasteiger partial charge in [0.15, 0.2) is 0 Å². The molecule has 1 unspecified atom stereocenters. The Morgan fingerprint density at radius 2 is 1.95 bits per heavy atom. The highest BCUT2D eigenvalue weighted by atomic mass is 19.4. The van der Waals surface area contributed by atoms with Crippen molar-refractivity contribution in [2.45, 2.75) is 32.4 Å². The van der Waals surface area contributed by atoms with Gasteiger partial charge in [-0.05, 0) is 50.0 Å². The fourth-order valence-electron chi connectivity index (χ4n) is 2.72. The van der Waals surface area contributed by atoms with Crippen LogP contribution in [0.5, 0.6) is 0 Å². The number of alkyl halides is 3. The van der Waals surface area contributed by atoms with Gasteiger partial charge >= 0.3 is 12.1 Å². The molecule has 0 aliphatic heterocycles. The molecule has 6 heteroatoms. The third-order valence-electron chi connectivity index (χ3n) is 3.61. The van der Waals surface area contributed by atoms with E-state index in [9.17, 15) is 18.0 Å². The van der Waals surface area contributed by atoms with Crippen LogP contribution in [0.4, 0.5) is 18.9 Å². The molecular formula is C16H23F3N2O. The zero-order valence-electron chi connectivity index (χ0n) is 13.4. The van der Waals surface area contributed by atoms with E-state index >= 15 is 0 Å². The number of nitrogens with one attached hydrogen (secondary N) is 1. The summed E-state index contributed by atoms with van der Waals surface area (Å²) >= 11 is 0. The summed E-state index contributed by atoms with van der Waals surface area (Å²) in [5.41, 5.74) is 1.12. The highest BCUT2D eigenvalue weighted by Crippen LogP contribution is 2.30. The Balaban J connectivity index is 2.92. The number of hydrogen-bond donors (Lipinski definition) is 1. The summed E-state index contributed by atoms with van der Waals surface area (Å²) in [5.74, 6) is -1.36. The Hall–Kier alpha value is -1.56. The first kappa shape index (κ1) is 18.5. The van der Waals surface area contributed by atoms with Crippen molar-refractivity contribution in [2.75, 3.05) is 26.0 Å². The van der Waals surface area contributed by atoms with Crippen molar-refractivity contribution in [2.24, 2.45) is 5.92 Å². The van der Waals surface area contributed by atoms with Crippen LogP contribution in [0.1, 0.15) is 31.7 Å². The van der Waals surface area contributed by atoms with E-state index in [4.69, 9.17) is 0 Å². The average Bonchev–Trinajstić information content (AvgIpc) is 2.38. The van der Waals surface area contributed by atoms with Crippen LogP contribution in [0.25, 0.3) is 0 Å². The lowest BCUT2D eigenvalue weighted by molar-refractivity contribution is -0.167. The number of carbonyl (C=O) groups excluding carboxylic acids is 1. The minimum Gasteiger partial charge on any atom is -0.318 e. The van der Waals surface area contributed by atoms with Crippen LogP contribution < -0.4 is 5.32 Å². The number of rotatable bonds is 6. The molecular weight excluding hydrogens is 293 g/mol. The van der Waals surface area contributed by atoms with Crippen molar-refractivity contribution in [3.05, 3.63) is 29.8 Å². The van der Waals surface area contributed by atoms with Gasteiger partial charge in [-0.3, -0.25) is 4.79 Å². The summed E-state index contributed by atoms with van der Waals surface area (Å²) in [6, 6.07) is 6.66. The number of halogens is 3. The number of anilines is 1. The van der Waals surface area contributed by atoms with E-state index < -0.39 is 12.1 Å². The van der Waals surface area contributed by atoms with Crippen molar-refractivity contribution in [3.8, 4) is 0 Å². The van der Waals surface area contributed by atoms with E-state index in [1.54, 1.807) is 12.1 Å². The zero-order chi connectivity index (χ0) is 16.9. The second kappa shape index (κ2) is 7.63. The van der Waals surface area contributed by atoms with Crippen LogP contribution >= 0.6 is 0 Å². The first-order valence-corrected chi connectivity index (χ1v) is 7.28. The van der Waals surface area contributed by atoms with Gasteiger partial charge < -0.3 is 10.2 Å². The van der Waals surface area contributed by atoms with Gasteiger partial charge in [-0.25, -0.2) is 0 Å². The molecule has 1 aromatic carbocycles. The minimum atomic E-state index is -4.88. The molecule has 1 N–H and O–H groups in total. The summed E-state index contributed by atoms with van der Waals surface area (Å²) in [6.07, 6.45) is -4.00. The molecule has 0 fully saturated rings. The van der Waals surface area contributed by atoms with Gasteiger partial charge in [-0.1, -0.05) is 26.0 Å². The molecule has 0 aliphatic rings. The quantitative estimate of drug-likeness (QED) is 0.864. The van der Waals surface area contributed by atoms with Gasteiger partial charge in [-0.2, -0.15) is 13.2 Å². The van der Waals surface area contributed by atoms with Crippen molar-refractivity contribution < 1.29 is 18.0 Å². The van der Waals surface area contributed by atoms with Gasteiger partial charge in [0.05, 0.1) is 0 Å². The van der Waals surface area contributed by atoms with Gasteiger partial charge in [0.2, 0.25) is 0 Å². The highest BCUT2D eigenvalue weighted by molar-refractivity contribution is 5.94. The molecule has 0 saturated heterocycles. The summed E-state index contributed by atoms with van der Waals surface area (Å²) in [5, 5.41) is 1.91. The molecule has 3 nitrogen and oxygen atoms in total. The number of carbonyl (C=O) groups is 1. The monoisotopic (exact) mass is 316 g/mol. The Kier molecular flexibility index (Phi) is 6.41. The summed E-state index contributed by atoms with van der Waals surface area (Å²) in [6.45, 7) is 5.06. The van der Waals surface area contributed by atoms with E-state index in [-0.39, 0.29) is 11.6 Å². The molecule has 0 heterocycles. The number of amides is 1. The topological polar surface area (TPSA) is 32.3 Å². The summed E-state index contributed by atoms with van der Waals surface area (Å²) in [7, 11) is 3.98. The van der Waals surface area contributed by atoms with Gasteiger partial charge in [0, 0.05) is 12.2 Å². The maximum atomic E-state index is 12.3. The Labute approximate surface area is 129 Å². The normalized spacial score (nSPS) is 14.7. The van der Waals surface area contributed by atoms with E-state index in [0.29, 0.717) is 5.92 Å². The predicted octanol–water partition coefficient (Wildman–Crippen LogP) is 3.88. The van der Waals surface area contributed by atoms with Gasteiger partial charge in [-0.15, -0.1) is 0 Å². The number of nitrogens with zero attached hydrogens (tertiary/aromatic N) is 1. The molecule has 22 heavy (non-hydrogen) atoms. The van der Waals surface area contributed by atoms with E-state index in [1.807, 2.05) is 25.5 Å². The molecule has 0 radical (unpaired) electrons. The molecule has 0 spiro atoms. The van der Waals surface area contributed by atoms with Crippen LogP contribution in [0.15, 0.2) is 24.3 Å². The third-order valence-corrected chi connectivity index (χ3v) is 3.61. The Morgan fingerprint density at radius 1 is 1.32 bits per heavy atom. The molecule has 1 amide bonds. The smallest absolute Gasteiger partial charge is 0.318 e.